The van der Waals surface area contributed by atoms with Crippen LogP contribution in [0.4, 0.5) is 4.79 Å². The highest BCUT2D eigenvalue weighted by atomic mass is 32.2. The highest BCUT2D eigenvalue weighted by Crippen LogP contribution is 2.37. The number of carbonyl (C=O) groups is 3. The summed E-state index contributed by atoms with van der Waals surface area (Å²) in [6.07, 6.45) is -0.928. The number of hydrogen-bond acceptors (Lipinski definition) is 7. The Hall–Kier alpha value is -3.05. The summed E-state index contributed by atoms with van der Waals surface area (Å²) in [7, 11) is -5.39. The molecule has 2 aromatic rings. The molecule has 1 heterocycles. The van der Waals surface area contributed by atoms with Crippen LogP contribution in [0, 0.1) is 5.41 Å². The molecule has 2 aromatic carbocycles. The molecule has 0 atom stereocenters. The monoisotopic (exact) mass is 492 g/mol. The van der Waals surface area contributed by atoms with Gasteiger partial charge in [-0.3, -0.25) is 19.4 Å². The summed E-state index contributed by atoms with van der Waals surface area (Å²) >= 11 is 0. The Kier molecular flexibility index (Phi) is 6.75. The van der Waals surface area contributed by atoms with Crippen LogP contribution < -0.4 is 0 Å². The van der Waals surface area contributed by atoms with Gasteiger partial charge in [-0.2, -0.15) is 0 Å². The first kappa shape index (κ1) is 24.6. The van der Waals surface area contributed by atoms with Gasteiger partial charge in [0.1, 0.15) is 5.41 Å². The van der Waals surface area contributed by atoms with Crippen LogP contribution in [0.2, 0.25) is 0 Å². The first-order valence-corrected chi connectivity index (χ1v) is 13.4. The van der Waals surface area contributed by atoms with E-state index in [2.05, 4.69) is 0 Å². The molecule has 176 valence electrons. The lowest BCUT2D eigenvalue weighted by Crippen LogP contribution is -2.63. The van der Waals surface area contributed by atoms with Crippen molar-refractivity contribution in [3.63, 3.8) is 0 Å². The Labute approximate surface area is 192 Å². The van der Waals surface area contributed by atoms with E-state index in [1.807, 2.05) is 0 Å². The molecule has 0 bridgehead atoms. The molecule has 0 unspecified atom stereocenters. The van der Waals surface area contributed by atoms with E-state index in [0.29, 0.717) is 0 Å². The van der Waals surface area contributed by atoms with Gasteiger partial charge < -0.3 is 0 Å². The molecule has 1 fully saturated rings. The van der Waals surface area contributed by atoms with E-state index in [9.17, 15) is 31.2 Å². The van der Waals surface area contributed by atoms with Gasteiger partial charge in [0.15, 0.2) is 19.7 Å². The number of rotatable bonds is 8. The third kappa shape index (κ3) is 4.69. The van der Waals surface area contributed by atoms with Crippen LogP contribution in [0.1, 0.15) is 12.8 Å². The van der Waals surface area contributed by atoms with Crippen LogP contribution in [0.3, 0.4) is 0 Å². The minimum absolute atomic E-state index is 0.0190. The second kappa shape index (κ2) is 9.06. The van der Waals surface area contributed by atoms with Crippen molar-refractivity contribution in [2.24, 2.45) is 5.41 Å². The van der Waals surface area contributed by atoms with Crippen LogP contribution in [-0.4, -0.2) is 70.1 Å². The summed E-state index contributed by atoms with van der Waals surface area (Å²) in [5, 5.41) is 0. The first-order valence-electron chi connectivity index (χ1n) is 10.1. The van der Waals surface area contributed by atoms with Crippen molar-refractivity contribution in [1.29, 1.82) is 0 Å². The average molecular weight is 493 g/mol. The third-order valence-corrected chi connectivity index (χ3v) is 9.27. The highest BCUT2D eigenvalue weighted by molar-refractivity contribution is 7.91. The number of hydrogen-bond donors (Lipinski definition) is 0. The van der Waals surface area contributed by atoms with Gasteiger partial charge in [-0.25, -0.2) is 21.6 Å². The molecule has 0 aliphatic carbocycles. The van der Waals surface area contributed by atoms with Gasteiger partial charge in [0.2, 0.25) is 11.8 Å². The van der Waals surface area contributed by atoms with Gasteiger partial charge in [-0.05, 0) is 37.1 Å². The molecule has 33 heavy (non-hydrogen) atoms. The minimum atomic E-state index is -3.87. The van der Waals surface area contributed by atoms with Gasteiger partial charge in [0, 0.05) is 14.1 Å². The van der Waals surface area contributed by atoms with E-state index in [-0.39, 0.29) is 9.79 Å². The van der Waals surface area contributed by atoms with Crippen LogP contribution in [0.15, 0.2) is 70.5 Å². The van der Waals surface area contributed by atoms with Gasteiger partial charge in [-0.15, -0.1) is 0 Å². The molecule has 11 heteroatoms. The molecule has 1 aliphatic rings. The van der Waals surface area contributed by atoms with Crippen molar-refractivity contribution < 1.29 is 31.2 Å². The van der Waals surface area contributed by atoms with Crippen LogP contribution in [0.25, 0.3) is 0 Å². The molecule has 3 rings (SSSR count). The van der Waals surface area contributed by atoms with Crippen molar-refractivity contribution >= 4 is 37.5 Å². The summed E-state index contributed by atoms with van der Waals surface area (Å²) in [5.41, 5.74) is -2.01. The second-order valence-electron chi connectivity index (χ2n) is 7.86. The molecule has 0 N–H and O–H groups in total. The lowest BCUT2D eigenvalue weighted by atomic mass is 9.78. The van der Waals surface area contributed by atoms with Crippen molar-refractivity contribution in [3.8, 4) is 0 Å². The number of barbiturate groups is 1. The van der Waals surface area contributed by atoms with Crippen molar-refractivity contribution in [2.75, 3.05) is 25.6 Å². The molecule has 0 spiro atoms. The van der Waals surface area contributed by atoms with E-state index in [1.54, 1.807) is 36.4 Å². The SMILES string of the molecule is CN1C(=O)N(C)C(=O)C(CCS(=O)(=O)c2ccccc2)(CCS(=O)(=O)c2ccccc2)C1=O. The fraction of sp³-hybridized carbons (Fsp3) is 0.318. The number of carbonyl (C=O) groups excluding carboxylic acids is 3. The molecule has 1 aliphatic heterocycles. The Bertz CT molecular complexity index is 1180. The third-order valence-electron chi connectivity index (χ3n) is 5.80. The number of benzene rings is 2. The first-order chi connectivity index (χ1) is 15.4. The fourth-order valence-corrected chi connectivity index (χ4v) is 6.64. The van der Waals surface area contributed by atoms with E-state index < -0.39 is 67.3 Å². The topological polar surface area (TPSA) is 126 Å². The maximum Gasteiger partial charge on any atom is 0.332 e. The van der Waals surface area contributed by atoms with E-state index in [4.69, 9.17) is 0 Å². The van der Waals surface area contributed by atoms with Gasteiger partial charge in [-0.1, -0.05) is 36.4 Å². The number of nitrogens with zero attached hydrogens (tertiary/aromatic N) is 2. The maximum absolute atomic E-state index is 13.2. The molecule has 1 saturated heterocycles. The summed E-state index contributed by atoms with van der Waals surface area (Å²) in [4.78, 5) is 40.1. The van der Waals surface area contributed by atoms with E-state index in [0.717, 1.165) is 9.80 Å². The Balaban J connectivity index is 1.97. The van der Waals surface area contributed by atoms with Crippen molar-refractivity contribution in [3.05, 3.63) is 60.7 Å². The van der Waals surface area contributed by atoms with Crippen molar-refractivity contribution in [1.82, 2.24) is 9.80 Å². The Morgan fingerprint density at radius 1 is 0.636 bits per heavy atom. The summed E-state index contributed by atoms with van der Waals surface area (Å²) in [6.45, 7) is 0. The molecule has 0 saturated carbocycles. The van der Waals surface area contributed by atoms with Crippen LogP contribution in [-0.2, 0) is 29.3 Å². The zero-order valence-corrected chi connectivity index (χ0v) is 19.8. The van der Waals surface area contributed by atoms with Gasteiger partial charge >= 0.3 is 6.03 Å². The lowest BCUT2D eigenvalue weighted by Gasteiger charge is -2.41. The van der Waals surface area contributed by atoms with E-state index in [1.165, 1.54) is 38.4 Å². The molecule has 0 aromatic heterocycles. The van der Waals surface area contributed by atoms with Crippen LogP contribution >= 0.6 is 0 Å². The zero-order valence-electron chi connectivity index (χ0n) is 18.2. The molecule has 4 amide bonds. The number of urea groups is 1. The fourth-order valence-electron chi connectivity index (χ4n) is 3.79. The van der Waals surface area contributed by atoms with Gasteiger partial charge in [0.05, 0.1) is 21.3 Å². The van der Waals surface area contributed by atoms with Gasteiger partial charge in [0.25, 0.3) is 0 Å². The van der Waals surface area contributed by atoms with Crippen molar-refractivity contribution in [2.45, 2.75) is 22.6 Å². The summed E-state index contributed by atoms with van der Waals surface area (Å²) in [5.74, 6) is -2.98. The summed E-state index contributed by atoms with van der Waals surface area (Å²) < 4.78 is 51.4. The summed E-state index contributed by atoms with van der Waals surface area (Å²) in [6, 6.07) is 14.2. The predicted octanol–water partition coefficient (Wildman–Crippen LogP) is 1.75. The molecule has 0 radical (unpaired) electrons. The number of amides is 4. The predicted molar refractivity (Wildman–Crippen MR) is 120 cm³/mol. The quantitative estimate of drug-likeness (QED) is 0.514. The Morgan fingerprint density at radius 3 is 1.30 bits per heavy atom. The largest absolute Gasteiger partial charge is 0.332 e. The minimum Gasteiger partial charge on any atom is -0.273 e. The molecular formula is C22H24N2O7S2. The average Bonchev–Trinajstić information content (AvgIpc) is 2.82. The molecular weight excluding hydrogens is 468 g/mol. The lowest BCUT2D eigenvalue weighted by molar-refractivity contribution is -0.157. The highest BCUT2D eigenvalue weighted by Gasteiger charge is 2.55. The Morgan fingerprint density at radius 2 is 0.970 bits per heavy atom. The molecule has 9 nitrogen and oxygen atoms in total. The second-order valence-corrected chi connectivity index (χ2v) is 12.1. The standard InChI is InChI=1S/C22H24N2O7S2/c1-23-19(25)22(20(26)24(2)21(23)27,13-15-32(28,29)17-9-5-3-6-10-17)14-16-33(30,31)18-11-7-4-8-12-18/h3-12H,13-16H2,1-2H3. The number of sulfone groups is 2. The normalized spacial score (nSPS) is 16.8. The van der Waals surface area contributed by atoms with Crippen LogP contribution in [0.5, 0.6) is 0 Å². The smallest absolute Gasteiger partial charge is 0.273 e. The van der Waals surface area contributed by atoms with E-state index >= 15 is 0 Å². The maximum atomic E-state index is 13.2. The number of imide groups is 2. The zero-order chi connectivity index (χ0) is 24.4.